The smallest absolute Gasteiger partial charge is 0.329 e. The van der Waals surface area contributed by atoms with E-state index in [4.69, 9.17) is 9.57 Å². The van der Waals surface area contributed by atoms with E-state index in [1.54, 1.807) is 5.06 Å². The van der Waals surface area contributed by atoms with Crippen LogP contribution < -0.4 is 0 Å². The number of hydroxylamine groups is 2. The molecule has 0 saturated carbocycles. The molecule has 1 unspecified atom stereocenters. The Morgan fingerprint density at radius 2 is 2.29 bits per heavy atom. The maximum Gasteiger partial charge on any atom is 0.329 e. The van der Waals surface area contributed by atoms with Crippen LogP contribution in [0.3, 0.4) is 0 Å². The van der Waals surface area contributed by atoms with Crippen molar-refractivity contribution in [2.24, 2.45) is 0 Å². The van der Waals surface area contributed by atoms with Gasteiger partial charge in [0.1, 0.15) is 5.54 Å². The first-order chi connectivity index (χ1) is 6.50. The molecule has 0 amide bonds. The van der Waals surface area contributed by atoms with Gasteiger partial charge in [0.05, 0.1) is 12.2 Å². The third-order valence-corrected chi connectivity index (χ3v) is 2.94. The Hall–Kier alpha value is -0.610. The van der Waals surface area contributed by atoms with Gasteiger partial charge in [-0.3, -0.25) is 4.84 Å². The standard InChI is InChI=1S/C10H17NO3/c1-4-13-8(12)10-5-6-11(10)14-9(2,3)7-10/h4-7H2,1-3H3. The van der Waals surface area contributed by atoms with Crippen LogP contribution in [0, 0.1) is 0 Å². The number of fused-ring (bicyclic) bond motifs is 1. The van der Waals surface area contributed by atoms with Crippen LogP contribution in [0.4, 0.5) is 0 Å². The van der Waals surface area contributed by atoms with E-state index in [1.165, 1.54) is 0 Å². The second-order valence-electron chi connectivity index (χ2n) is 4.63. The summed E-state index contributed by atoms with van der Waals surface area (Å²) in [4.78, 5) is 17.4. The minimum atomic E-state index is -0.473. The predicted octanol–water partition coefficient (Wildman–Crippen LogP) is 1.11. The van der Waals surface area contributed by atoms with Crippen LogP contribution in [0.1, 0.15) is 33.6 Å². The maximum absolute atomic E-state index is 11.8. The monoisotopic (exact) mass is 199 g/mol. The maximum atomic E-state index is 11.8. The van der Waals surface area contributed by atoms with Gasteiger partial charge in [-0.25, -0.2) is 4.79 Å². The van der Waals surface area contributed by atoms with Gasteiger partial charge in [0.2, 0.25) is 0 Å². The van der Waals surface area contributed by atoms with Gasteiger partial charge in [-0.15, -0.1) is 0 Å². The molecule has 0 radical (unpaired) electrons. The summed E-state index contributed by atoms with van der Waals surface area (Å²) in [6.07, 6.45) is 1.59. The van der Waals surface area contributed by atoms with E-state index in [9.17, 15) is 4.79 Å². The molecule has 2 heterocycles. The number of nitrogens with zero attached hydrogens (tertiary/aromatic N) is 1. The highest BCUT2D eigenvalue weighted by molar-refractivity contribution is 5.82. The predicted molar refractivity (Wildman–Crippen MR) is 50.5 cm³/mol. The van der Waals surface area contributed by atoms with Crippen LogP contribution in [-0.2, 0) is 14.4 Å². The van der Waals surface area contributed by atoms with Gasteiger partial charge in [-0.1, -0.05) is 0 Å². The molecule has 4 heteroatoms. The van der Waals surface area contributed by atoms with Crippen molar-refractivity contribution in [3.8, 4) is 0 Å². The molecule has 0 aromatic rings. The molecule has 4 nitrogen and oxygen atoms in total. The fourth-order valence-corrected chi connectivity index (χ4v) is 2.36. The molecule has 2 aliphatic rings. The third kappa shape index (κ3) is 1.25. The quantitative estimate of drug-likeness (QED) is 0.624. The molecule has 0 aromatic carbocycles. The summed E-state index contributed by atoms with van der Waals surface area (Å²) in [6, 6.07) is 0. The Labute approximate surface area is 84.1 Å². The molecule has 14 heavy (non-hydrogen) atoms. The Kier molecular flexibility index (Phi) is 2.08. The van der Waals surface area contributed by atoms with E-state index in [0.29, 0.717) is 6.61 Å². The normalized spacial score (nSPS) is 34.8. The van der Waals surface area contributed by atoms with Gasteiger partial charge >= 0.3 is 5.97 Å². The lowest BCUT2D eigenvalue weighted by Gasteiger charge is -2.42. The second-order valence-corrected chi connectivity index (χ2v) is 4.63. The number of hydrogen-bond donors (Lipinski definition) is 0. The van der Waals surface area contributed by atoms with Crippen molar-refractivity contribution in [3.05, 3.63) is 0 Å². The van der Waals surface area contributed by atoms with Crippen molar-refractivity contribution in [2.45, 2.75) is 44.8 Å². The molecule has 0 aromatic heterocycles. The van der Waals surface area contributed by atoms with E-state index >= 15 is 0 Å². The highest BCUT2D eigenvalue weighted by Gasteiger charge is 2.62. The van der Waals surface area contributed by atoms with E-state index in [-0.39, 0.29) is 11.6 Å². The Morgan fingerprint density at radius 1 is 1.57 bits per heavy atom. The van der Waals surface area contributed by atoms with Gasteiger partial charge in [-0.2, -0.15) is 5.06 Å². The SMILES string of the molecule is CCOC(=O)C12CCN1OC(C)(C)C2. The van der Waals surface area contributed by atoms with Gasteiger partial charge in [-0.05, 0) is 27.2 Å². The van der Waals surface area contributed by atoms with Crippen LogP contribution >= 0.6 is 0 Å². The van der Waals surface area contributed by atoms with E-state index < -0.39 is 5.54 Å². The summed E-state index contributed by atoms with van der Waals surface area (Å²) in [5.41, 5.74) is -0.706. The molecule has 2 aliphatic heterocycles. The largest absolute Gasteiger partial charge is 0.465 e. The number of esters is 1. The Balaban J connectivity index is 2.13. The van der Waals surface area contributed by atoms with Gasteiger partial charge in [0, 0.05) is 13.0 Å². The molecule has 80 valence electrons. The molecule has 2 saturated heterocycles. The molecule has 2 rings (SSSR count). The molecule has 2 fully saturated rings. The van der Waals surface area contributed by atoms with Crippen molar-refractivity contribution < 1.29 is 14.4 Å². The molecule has 0 bridgehead atoms. The van der Waals surface area contributed by atoms with Crippen molar-refractivity contribution in [2.75, 3.05) is 13.2 Å². The van der Waals surface area contributed by atoms with Crippen LogP contribution in [0.5, 0.6) is 0 Å². The fourth-order valence-electron chi connectivity index (χ4n) is 2.36. The summed E-state index contributed by atoms with van der Waals surface area (Å²) in [5.74, 6) is -0.128. The average Bonchev–Trinajstić information content (AvgIpc) is 2.26. The van der Waals surface area contributed by atoms with Crippen LogP contribution in [0.15, 0.2) is 0 Å². The van der Waals surface area contributed by atoms with Crippen molar-refractivity contribution >= 4 is 5.97 Å². The Bertz CT molecular complexity index is 264. The van der Waals surface area contributed by atoms with Crippen LogP contribution in [0.2, 0.25) is 0 Å². The summed E-state index contributed by atoms with van der Waals surface area (Å²) in [7, 11) is 0. The van der Waals surface area contributed by atoms with Gasteiger partial charge < -0.3 is 4.74 Å². The highest BCUT2D eigenvalue weighted by atomic mass is 16.7. The molecule has 1 atom stereocenters. The summed E-state index contributed by atoms with van der Waals surface area (Å²) in [5, 5.41) is 1.78. The number of carbonyl (C=O) groups is 1. The first kappa shape index (κ1) is 9.93. The lowest BCUT2D eigenvalue weighted by atomic mass is 9.80. The lowest BCUT2D eigenvalue weighted by Crippen LogP contribution is -2.60. The number of carbonyl (C=O) groups excluding carboxylic acids is 1. The van der Waals surface area contributed by atoms with Crippen LogP contribution in [0.25, 0.3) is 0 Å². The summed E-state index contributed by atoms with van der Waals surface area (Å²) < 4.78 is 5.08. The summed E-state index contributed by atoms with van der Waals surface area (Å²) in [6.45, 7) is 7.12. The zero-order valence-electron chi connectivity index (χ0n) is 9.00. The van der Waals surface area contributed by atoms with Gasteiger partial charge in [0.25, 0.3) is 0 Å². The topological polar surface area (TPSA) is 38.8 Å². The average molecular weight is 199 g/mol. The molecular formula is C10H17NO3. The van der Waals surface area contributed by atoms with Crippen molar-refractivity contribution in [3.63, 3.8) is 0 Å². The third-order valence-electron chi connectivity index (χ3n) is 2.94. The van der Waals surface area contributed by atoms with E-state index in [1.807, 2.05) is 20.8 Å². The van der Waals surface area contributed by atoms with E-state index in [0.717, 1.165) is 19.4 Å². The second kappa shape index (κ2) is 2.94. The summed E-state index contributed by atoms with van der Waals surface area (Å²) >= 11 is 0. The number of ether oxygens (including phenoxy) is 1. The minimum absolute atomic E-state index is 0.128. The highest BCUT2D eigenvalue weighted by Crippen LogP contribution is 2.47. The number of rotatable bonds is 2. The van der Waals surface area contributed by atoms with E-state index in [2.05, 4.69) is 0 Å². The first-order valence-electron chi connectivity index (χ1n) is 5.14. The molecule has 0 N–H and O–H groups in total. The Morgan fingerprint density at radius 3 is 2.71 bits per heavy atom. The molecular weight excluding hydrogens is 182 g/mol. The molecule has 0 spiro atoms. The van der Waals surface area contributed by atoms with Crippen molar-refractivity contribution in [1.82, 2.24) is 5.06 Å². The van der Waals surface area contributed by atoms with Crippen molar-refractivity contribution in [1.29, 1.82) is 0 Å². The fraction of sp³-hybridized carbons (Fsp3) is 0.900. The zero-order valence-corrected chi connectivity index (χ0v) is 9.00. The minimum Gasteiger partial charge on any atom is -0.465 e. The van der Waals surface area contributed by atoms with Crippen LogP contribution in [-0.4, -0.2) is 35.3 Å². The zero-order chi connectivity index (χ0) is 10.4. The van der Waals surface area contributed by atoms with Gasteiger partial charge in [0.15, 0.2) is 0 Å². The first-order valence-corrected chi connectivity index (χ1v) is 5.14. The lowest BCUT2D eigenvalue weighted by molar-refractivity contribution is -0.255. The molecule has 0 aliphatic carbocycles. The number of hydrogen-bond acceptors (Lipinski definition) is 4.